The van der Waals surface area contributed by atoms with E-state index >= 15 is 0 Å². The Morgan fingerprint density at radius 2 is 2.56 bits per heavy atom. The number of carbonyl (C=O) groups excluding carboxylic acids is 1. The van der Waals surface area contributed by atoms with Gasteiger partial charge in [0.05, 0.1) is 6.42 Å². The maximum atomic E-state index is 11.5. The van der Waals surface area contributed by atoms with Gasteiger partial charge in [-0.05, 0) is 11.6 Å². The van der Waals surface area contributed by atoms with Crippen molar-refractivity contribution in [3.05, 3.63) is 42.7 Å². The van der Waals surface area contributed by atoms with Crippen LogP contribution in [-0.2, 0) is 16.0 Å². The van der Waals surface area contributed by atoms with E-state index < -0.39 is 6.10 Å². The molecular weight excluding hydrogens is 202 g/mol. The van der Waals surface area contributed by atoms with E-state index in [0.29, 0.717) is 6.42 Å². The van der Waals surface area contributed by atoms with Crippen LogP contribution < -0.4 is 0 Å². The number of rotatable bonds is 5. The maximum absolute atomic E-state index is 11.5. The number of terminal acetylenes is 1. The molecule has 0 aliphatic carbocycles. The van der Waals surface area contributed by atoms with E-state index in [4.69, 9.17) is 11.2 Å². The Balaban J connectivity index is 2.48. The predicted molar refractivity (Wildman–Crippen MR) is 61.5 cm³/mol. The fourth-order valence-electron chi connectivity index (χ4n) is 1.17. The highest BCUT2D eigenvalue weighted by Gasteiger charge is 2.10. The molecule has 0 aromatic carbocycles. The van der Waals surface area contributed by atoms with E-state index in [-0.39, 0.29) is 12.4 Å². The molecule has 0 saturated heterocycles. The lowest BCUT2D eigenvalue weighted by Crippen LogP contribution is -2.17. The summed E-state index contributed by atoms with van der Waals surface area (Å²) in [5.41, 5.74) is 0.816. The minimum absolute atomic E-state index is 0.197. The minimum atomic E-state index is -0.408. The molecule has 82 valence electrons. The molecule has 0 aliphatic rings. The van der Waals surface area contributed by atoms with Crippen molar-refractivity contribution in [2.75, 3.05) is 0 Å². The number of carbonyl (C=O) groups is 1. The summed E-state index contributed by atoms with van der Waals surface area (Å²) >= 11 is 0. The molecule has 0 saturated carbocycles. The van der Waals surface area contributed by atoms with Crippen molar-refractivity contribution in [2.24, 2.45) is 0 Å². The minimum Gasteiger partial charge on any atom is -0.457 e. The lowest BCUT2D eigenvalue weighted by atomic mass is 10.2. The van der Waals surface area contributed by atoms with Crippen LogP contribution in [0, 0.1) is 12.3 Å². The molecule has 1 aromatic rings. The number of nitrogens with zero attached hydrogens (tertiary/aromatic N) is 1. The van der Waals surface area contributed by atoms with Crippen LogP contribution in [-0.4, -0.2) is 17.1 Å². The molecule has 0 fully saturated rings. The maximum Gasteiger partial charge on any atom is 0.310 e. The van der Waals surface area contributed by atoms with E-state index in [9.17, 15) is 4.79 Å². The molecule has 0 aliphatic heterocycles. The molecule has 0 spiro atoms. The second-order valence-electron chi connectivity index (χ2n) is 3.21. The van der Waals surface area contributed by atoms with Gasteiger partial charge in [-0.1, -0.05) is 18.7 Å². The summed E-state index contributed by atoms with van der Waals surface area (Å²) in [6.45, 7) is 3.55. The van der Waals surface area contributed by atoms with Crippen LogP contribution in [0.25, 0.3) is 0 Å². The van der Waals surface area contributed by atoms with Crippen molar-refractivity contribution in [3.8, 4) is 12.3 Å². The van der Waals surface area contributed by atoms with Crippen LogP contribution in [0.15, 0.2) is 37.2 Å². The van der Waals surface area contributed by atoms with Crippen molar-refractivity contribution < 1.29 is 9.53 Å². The van der Waals surface area contributed by atoms with E-state index in [1.807, 2.05) is 6.07 Å². The van der Waals surface area contributed by atoms with E-state index in [2.05, 4.69) is 17.5 Å². The quantitative estimate of drug-likeness (QED) is 0.426. The lowest BCUT2D eigenvalue weighted by Gasteiger charge is -2.10. The average Bonchev–Trinajstić information content (AvgIpc) is 2.29. The normalized spacial score (nSPS) is 11.2. The van der Waals surface area contributed by atoms with Crippen LogP contribution in [0.1, 0.15) is 12.0 Å². The summed E-state index contributed by atoms with van der Waals surface area (Å²) < 4.78 is 5.12. The summed E-state index contributed by atoms with van der Waals surface area (Å²) in [5.74, 6) is 2.10. The summed E-state index contributed by atoms with van der Waals surface area (Å²) in [6, 6.07) is 3.59. The monoisotopic (exact) mass is 215 g/mol. The highest BCUT2D eigenvalue weighted by molar-refractivity contribution is 5.72. The molecular formula is C13H13NO2. The van der Waals surface area contributed by atoms with Crippen LogP contribution in [0.3, 0.4) is 0 Å². The first kappa shape index (κ1) is 12.0. The summed E-state index contributed by atoms with van der Waals surface area (Å²) in [6.07, 6.45) is 10.1. The lowest BCUT2D eigenvalue weighted by molar-refractivity contribution is -0.145. The molecule has 1 atom stereocenters. The number of esters is 1. The molecule has 0 radical (unpaired) electrons. The number of ether oxygens (including phenoxy) is 1. The molecule has 0 bridgehead atoms. The number of aromatic nitrogens is 1. The van der Waals surface area contributed by atoms with Crippen LogP contribution in [0.2, 0.25) is 0 Å². The third kappa shape index (κ3) is 3.97. The Hall–Kier alpha value is -2.08. The van der Waals surface area contributed by atoms with Crippen LogP contribution in [0.4, 0.5) is 0 Å². The first-order chi connectivity index (χ1) is 7.76. The zero-order valence-corrected chi connectivity index (χ0v) is 8.93. The van der Waals surface area contributed by atoms with Crippen LogP contribution in [0.5, 0.6) is 0 Å². The smallest absolute Gasteiger partial charge is 0.310 e. The molecule has 1 rings (SSSR count). The van der Waals surface area contributed by atoms with Gasteiger partial charge in [-0.3, -0.25) is 9.78 Å². The van der Waals surface area contributed by atoms with Crippen molar-refractivity contribution in [1.29, 1.82) is 0 Å². The predicted octanol–water partition coefficient (Wildman–Crippen LogP) is 1.75. The average molecular weight is 215 g/mol. The van der Waals surface area contributed by atoms with Gasteiger partial charge in [-0.2, -0.15) is 0 Å². The van der Waals surface area contributed by atoms with E-state index in [0.717, 1.165) is 5.56 Å². The summed E-state index contributed by atoms with van der Waals surface area (Å²) in [7, 11) is 0. The van der Waals surface area contributed by atoms with E-state index in [1.165, 1.54) is 6.08 Å². The molecule has 1 unspecified atom stereocenters. The Labute approximate surface area is 95.2 Å². The third-order valence-electron chi connectivity index (χ3n) is 1.94. The molecule has 1 aromatic heterocycles. The van der Waals surface area contributed by atoms with Gasteiger partial charge in [0.25, 0.3) is 0 Å². The third-order valence-corrected chi connectivity index (χ3v) is 1.94. The van der Waals surface area contributed by atoms with Gasteiger partial charge in [0, 0.05) is 18.8 Å². The molecule has 16 heavy (non-hydrogen) atoms. The molecule has 0 N–H and O–H groups in total. The van der Waals surface area contributed by atoms with Crippen LogP contribution >= 0.6 is 0 Å². The van der Waals surface area contributed by atoms with Gasteiger partial charge in [0.15, 0.2) is 0 Å². The Morgan fingerprint density at radius 1 is 1.75 bits per heavy atom. The fraction of sp³-hybridized carbons (Fsp3) is 0.231. The van der Waals surface area contributed by atoms with Gasteiger partial charge < -0.3 is 4.74 Å². The zero-order valence-electron chi connectivity index (χ0n) is 8.93. The zero-order chi connectivity index (χ0) is 11.8. The van der Waals surface area contributed by atoms with Crippen molar-refractivity contribution >= 4 is 5.97 Å². The van der Waals surface area contributed by atoms with E-state index in [1.54, 1.807) is 18.5 Å². The standard InChI is InChI=1S/C13H13NO2/c1-3-6-12(4-2)16-13(15)9-11-7-5-8-14-10-11/h1,4-5,7-8,10,12H,2,6,9H2. The highest BCUT2D eigenvalue weighted by atomic mass is 16.5. The Morgan fingerprint density at radius 3 is 3.12 bits per heavy atom. The van der Waals surface area contributed by atoms with Gasteiger partial charge in [-0.15, -0.1) is 12.3 Å². The number of hydrogen-bond acceptors (Lipinski definition) is 3. The second kappa shape index (κ2) is 6.41. The second-order valence-corrected chi connectivity index (χ2v) is 3.21. The summed E-state index contributed by atoms with van der Waals surface area (Å²) in [5, 5.41) is 0. The van der Waals surface area contributed by atoms with Gasteiger partial charge in [0.1, 0.15) is 6.10 Å². The first-order valence-corrected chi connectivity index (χ1v) is 4.90. The van der Waals surface area contributed by atoms with Gasteiger partial charge >= 0.3 is 5.97 Å². The topological polar surface area (TPSA) is 39.2 Å². The molecule has 1 heterocycles. The summed E-state index contributed by atoms with van der Waals surface area (Å²) in [4.78, 5) is 15.4. The first-order valence-electron chi connectivity index (χ1n) is 4.90. The highest BCUT2D eigenvalue weighted by Crippen LogP contribution is 2.04. The Kier molecular flexibility index (Phi) is 4.81. The fourth-order valence-corrected chi connectivity index (χ4v) is 1.17. The SMILES string of the molecule is C#CCC(C=C)OC(=O)Cc1cccnc1. The largest absolute Gasteiger partial charge is 0.457 e. The molecule has 0 amide bonds. The van der Waals surface area contributed by atoms with Gasteiger partial charge in [0.2, 0.25) is 0 Å². The van der Waals surface area contributed by atoms with Crippen molar-refractivity contribution in [1.82, 2.24) is 4.98 Å². The van der Waals surface area contributed by atoms with Crippen molar-refractivity contribution in [2.45, 2.75) is 18.9 Å². The van der Waals surface area contributed by atoms with Gasteiger partial charge in [-0.25, -0.2) is 0 Å². The number of pyridine rings is 1. The molecule has 3 heteroatoms. The Bertz CT molecular complexity index is 392. The number of hydrogen-bond donors (Lipinski definition) is 0. The van der Waals surface area contributed by atoms with Crippen molar-refractivity contribution in [3.63, 3.8) is 0 Å². The molecule has 3 nitrogen and oxygen atoms in total.